The Hall–Kier alpha value is -10.7. The molecule has 14 aromatic rings. The number of carbonyl (C=O) groups excluding carboxylic acids is 1. The van der Waals surface area contributed by atoms with Crippen molar-refractivity contribution in [1.82, 2.24) is 28.7 Å². The van der Waals surface area contributed by atoms with E-state index in [0.717, 1.165) is 109 Å². The van der Waals surface area contributed by atoms with Gasteiger partial charge in [0.25, 0.3) is 0 Å². The predicted octanol–water partition coefficient (Wildman–Crippen LogP) is 14.5. The number of aromatic nitrogens is 6. The third-order valence-corrected chi connectivity index (χ3v) is 20.1. The zero-order valence-electron chi connectivity index (χ0n) is 61.8. The van der Waals surface area contributed by atoms with Crippen LogP contribution < -0.4 is 59.9 Å². The summed E-state index contributed by atoms with van der Waals surface area (Å²) in [5.41, 5.74) is 24.1. The van der Waals surface area contributed by atoms with Crippen molar-refractivity contribution in [3.05, 3.63) is 343 Å². The van der Waals surface area contributed by atoms with E-state index in [9.17, 15) is 4.79 Å². The van der Waals surface area contributed by atoms with Crippen LogP contribution in [0.3, 0.4) is 0 Å². The topological polar surface area (TPSA) is 152 Å². The third kappa shape index (κ3) is 22.4. The smallest absolute Gasteiger partial charge is 1.00 e. The van der Waals surface area contributed by atoms with Crippen molar-refractivity contribution < 1.29 is 48.4 Å². The molecule has 0 aliphatic heterocycles. The Morgan fingerprint density at radius 2 is 0.843 bits per heavy atom. The molecule has 1 fully saturated rings. The molecule has 1 saturated carbocycles. The molecular formula is C91H86BrClMgN9O4P. The second-order valence-electron chi connectivity index (χ2n) is 26.0. The standard InChI is InChI=1S/C27H27N3O.C25H21N3O.C20H16NP.C17H16N2O2.C2H5.BrH.ClH.Mg/c1-19(2)31-24-12-10-23(11-13-24)30-18-29-25-17-21(7-14-26(25)30)4-3-20-5-8-22(9-6-20)27(28)15-16-27;1-18(2)29-23-12-10-22(11-13-23)28-17-27-24-15-20(9-14-25(24)28)6-3-19-4-7-21(16-26)8-5-19;1-21-18-14-12-17(13-15-18)16-22(19-8-4-2-5-9-19)20-10-6-3-7-11-20;1-12(2)21-15-6-4-14(5-7-15)19-11-18-16-9-13(10-20)3-8-17(16)19;1-2;;;/h3-14,17-19H,15-16,28H2,1-2H3;3-15,17-18H,1-2H3;2-15H,16H2;3-12H,1-2H3;1H2,2H3;2*1H;/q;;;;-1;;;+2/p-1/b4-3-;6-3-;;;;;;. The fraction of sp³-hybridized carbons (Fsp3) is 0.154. The minimum atomic E-state index is -0.849. The summed E-state index contributed by atoms with van der Waals surface area (Å²) in [5.74, 6) is 2.59. The zero-order chi connectivity index (χ0) is 73.7. The summed E-state index contributed by atoms with van der Waals surface area (Å²) >= 11 is 0. The molecule has 1 aliphatic rings. The van der Waals surface area contributed by atoms with E-state index in [0.29, 0.717) is 16.8 Å². The van der Waals surface area contributed by atoms with E-state index in [1.54, 1.807) is 25.4 Å². The van der Waals surface area contributed by atoms with Crippen molar-refractivity contribution in [1.29, 1.82) is 5.26 Å². The largest absolute Gasteiger partial charge is 2.00 e. The van der Waals surface area contributed by atoms with E-state index < -0.39 is 7.92 Å². The molecule has 0 bridgehead atoms. The van der Waals surface area contributed by atoms with Crippen LogP contribution in [-0.2, 0) is 11.7 Å². The van der Waals surface area contributed by atoms with Crippen LogP contribution in [0.2, 0.25) is 0 Å². The molecule has 540 valence electrons. The predicted molar refractivity (Wildman–Crippen MR) is 440 cm³/mol. The van der Waals surface area contributed by atoms with Crippen LogP contribution in [0.25, 0.3) is 79.3 Å². The summed E-state index contributed by atoms with van der Waals surface area (Å²) in [6.45, 7) is 24.2. The number of halogens is 2. The van der Waals surface area contributed by atoms with Gasteiger partial charge in [0.2, 0.25) is 0 Å². The summed E-state index contributed by atoms with van der Waals surface area (Å²) < 4.78 is 23.3. The van der Waals surface area contributed by atoms with Crippen LogP contribution >= 0.6 is 7.92 Å². The van der Waals surface area contributed by atoms with Crippen molar-refractivity contribution in [3.8, 4) is 40.4 Å². The third-order valence-electron chi connectivity index (χ3n) is 17.3. The number of imidazole rings is 3. The molecule has 0 unspecified atom stereocenters. The van der Waals surface area contributed by atoms with E-state index >= 15 is 0 Å². The zero-order valence-corrected chi connectivity index (χ0v) is 66.5. The first-order chi connectivity index (χ1) is 51.2. The summed E-state index contributed by atoms with van der Waals surface area (Å²) in [6, 6.07) is 89.9. The maximum atomic E-state index is 10.8. The van der Waals surface area contributed by atoms with Gasteiger partial charge < -0.3 is 56.3 Å². The molecule has 2 N–H and O–H groups in total. The average Bonchev–Trinajstić information content (AvgIpc) is 1.65. The molecule has 15 rings (SSSR count). The molecule has 3 heterocycles. The molecule has 108 heavy (non-hydrogen) atoms. The summed E-state index contributed by atoms with van der Waals surface area (Å²) in [4.78, 5) is 27.8. The van der Waals surface area contributed by atoms with Crippen molar-refractivity contribution in [3.63, 3.8) is 0 Å². The van der Waals surface area contributed by atoms with Crippen LogP contribution in [0.4, 0.5) is 5.69 Å². The first-order valence-corrected chi connectivity index (χ1v) is 36.9. The van der Waals surface area contributed by atoms with Gasteiger partial charge in [-0.3, -0.25) is 18.5 Å². The molecule has 0 spiro atoms. The van der Waals surface area contributed by atoms with Gasteiger partial charge in [-0.2, -0.15) is 12.2 Å². The minimum Gasteiger partial charge on any atom is -1.00 e. The Bertz CT molecular complexity index is 5270. The number of nitrogens with zero attached hydrogens (tertiary/aromatic N) is 8. The molecule has 0 radical (unpaired) electrons. The van der Waals surface area contributed by atoms with Gasteiger partial charge in [-0.25, -0.2) is 19.8 Å². The Kier molecular flexibility index (Phi) is 30.9. The minimum absolute atomic E-state index is 0. The molecule has 0 saturated heterocycles. The normalized spacial score (nSPS) is 11.7. The fourth-order valence-electron chi connectivity index (χ4n) is 11.8. The van der Waals surface area contributed by atoms with E-state index in [4.69, 9.17) is 31.8 Å². The number of hydrogen-bond donors (Lipinski definition) is 1. The van der Waals surface area contributed by atoms with E-state index in [2.05, 4.69) is 206 Å². The number of carbonyl (C=O) groups is 1. The molecule has 0 atom stereocenters. The number of nitriles is 1. The second kappa shape index (κ2) is 40.3. The maximum Gasteiger partial charge on any atom is 2.00 e. The molecule has 1 aliphatic carbocycles. The Balaban J connectivity index is 0.000000180. The molecule has 13 nitrogen and oxygen atoms in total. The monoisotopic (exact) mass is 1540 g/mol. The fourth-order valence-corrected chi connectivity index (χ4v) is 14.4. The molecule has 11 aromatic carbocycles. The van der Waals surface area contributed by atoms with Gasteiger partial charge in [0, 0.05) is 28.2 Å². The van der Waals surface area contributed by atoms with Crippen molar-refractivity contribution >= 4 is 111 Å². The molecule has 0 amide bonds. The van der Waals surface area contributed by atoms with Crippen molar-refractivity contribution in [2.75, 3.05) is 0 Å². The van der Waals surface area contributed by atoms with E-state index in [1.165, 1.54) is 27.3 Å². The summed E-state index contributed by atoms with van der Waals surface area (Å²) in [5, 5.41) is 11.7. The Morgan fingerprint density at radius 3 is 1.19 bits per heavy atom. The second-order valence-corrected chi connectivity index (χ2v) is 28.5. The first kappa shape index (κ1) is 82.9. The number of ether oxygens (including phenoxy) is 3. The molecule has 17 heteroatoms. The van der Waals surface area contributed by atoms with Gasteiger partial charge in [-0.05, 0) is 239 Å². The van der Waals surface area contributed by atoms with Crippen LogP contribution in [0, 0.1) is 24.8 Å². The molecule has 3 aromatic heterocycles. The SMILES string of the molecule is CC(C)Oc1ccc(-n2cnc3cc(/C=C\c4ccc(C#N)cc4)ccc32)cc1.CC(C)Oc1ccc(-n2cnc3cc(/C=C\c4ccc(C5(N)CC5)cc4)ccc32)cc1.CC(C)Oc1ccc(-n2cnc3cc(C=O)ccc32)cc1.[Br-].[C-]#[N+]c1ccc(C[PH+](c2ccccc2)c2ccccc2)cc1.[CH2-]C.[Cl-].[Mg+2]. The average molecular weight is 1540 g/mol. The van der Waals surface area contributed by atoms with Crippen LogP contribution in [0.1, 0.15) is 111 Å². The van der Waals surface area contributed by atoms with Gasteiger partial charge in [0.05, 0.1) is 94.3 Å². The summed E-state index contributed by atoms with van der Waals surface area (Å²) in [7, 11) is -0.849. The van der Waals surface area contributed by atoms with Crippen LogP contribution in [0.15, 0.2) is 280 Å². The Morgan fingerprint density at radius 1 is 0.500 bits per heavy atom. The van der Waals surface area contributed by atoms with Crippen molar-refractivity contribution in [2.24, 2.45) is 5.73 Å². The number of nitrogens with two attached hydrogens (primary N) is 1. The molecular weight excluding hydrogens is 1450 g/mol. The quantitative estimate of drug-likeness (QED) is 0.0274. The van der Waals surface area contributed by atoms with Gasteiger partial charge in [0.15, 0.2) is 5.69 Å². The maximum absolute atomic E-state index is 10.8. The van der Waals surface area contributed by atoms with Crippen LogP contribution in [0.5, 0.6) is 17.2 Å². The van der Waals surface area contributed by atoms with Crippen LogP contribution in [-0.4, -0.2) is 76.3 Å². The number of hydrogen-bond acceptors (Lipinski definition) is 9. The van der Waals surface area contributed by atoms with Gasteiger partial charge in [0.1, 0.15) is 42.5 Å². The number of rotatable bonds is 19. The van der Waals surface area contributed by atoms with E-state index in [1.807, 2.05) is 168 Å². The summed E-state index contributed by atoms with van der Waals surface area (Å²) in [6.07, 6.45) is 18.3. The van der Waals surface area contributed by atoms with E-state index in [-0.39, 0.29) is 76.3 Å². The van der Waals surface area contributed by atoms with Gasteiger partial charge in [-0.1, -0.05) is 133 Å². The van der Waals surface area contributed by atoms with Crippen molar-refractivity contribution in [2.45, 2.75) is 91.3 Å². The first-order valence-electron chi connectivity index (χ1n) is 35.2. The number of fused-ring (bicyclic) bond motifs is 3. The van der Waals surface area contributed by atoms with Gasteiger partial charge in [-0.15, -0.1) is 0 Å². The number of benzene rings is 11. The number of aldehydes is 1. The Labute approximate surface area is 668 Å². The van der Waals surface area contributed by atoms with Gasteiger partial charge >= 0.3 is 23.1 Å².